The first-order chi connectivity index (χ1) is 10.3. The lowest BCUT2D eigenvalue weighted by Crippen LogP contribution is -2.02. The number of ether oxygens (including phenoxy) is 2. The monoisotopic (exact) mass is 285 g/mol. The summed E-state index contributed by atoms with van der Waals surface area (Å²) in [7, 11) is 1.61. The number of methoxy groups -OCH3 is 1. The molecule has 0 bridgehead atoms. The average Bonchev–Trinajstić information content (AvgIpc) is 2.54. The predicted octanol–water partition coefficient (Wildman–Crippen LogP) is 3.51. The molecule has 0 spiro atoms. The highest BCUT2D eigenvalue weighted by molar-refractivity contribution is 5.83. The Morgan fingerprint density at radius 3 is 2.67 bits per heavy atom. The van der Waals surface area contributed by atoms with Gasteiger partial charge in [0, 0.05) is 11.6 Å². The Morgan fingerprint density at radius 2 is 1.95 bits per heavy atom. The lowest BCUT2D eigenvalue weighted by atomic mass is 10.1. The Morgan fingerprint density at radius 1 is 1.14 bits per heavy atom. The van der Waals surface area contributed by atoms with Crippen LogP contribution in [0.3, 0.4) is 0 Å². The van der Waals surface area contributed by atoms with Crippen molar-refractivity contribution in [3.63, 3.8) is 0 Å². The molecule has 0 aliphatic rings. The van der Waals surface area contributed by atoms with E-state index in [1.165, 1.54) is 11.8 Å². The van der Waals surface area contributed by atoms with Gasteiger partial charge in [-0.05, 0) is 30.5 Å². The molecular formula is C17H19NO3. The summed E-state index contributed by atoms with van der Waals surface area (Å²) in [5.41, 5.74) is 2.02. The summed E-state index contributed by atoms with van der Waals surface area (Å²) in [6.07, 6.45) is 3.23. The van der Waals surface area contributed by atoms with E-state index in [-0.39, 0.29) is 0 Å². The van der Waals surface area contributed by atoms with E-state index < -0.39 is 0 Å². The summed E-state index contributed by atoms with van der Waals surface area (Å²) in [5, 5.41) is 11.7. The van der Waals surface area contributed by atoms with E-state index in [0.717, 1.165) is 18.4 Å². The maximum Gasteiger partial charge on any atom is 0.131 e. The largest absolute Gasteiger partial charge is 0.497 e. The van der Waals surface area contributed by atoms with E-state index in [2.05, 4.69) is 17.3 Å². The summed E-state index contributed by atoms with van der Waals surface area (Å²) in [5.74, 6) is 1.36. The second-order valence-corrected chi connectivity index (χ2v) is 4.59. The standard InChI is InChI=1S/C17H19NO3/c1-20-16-10-9-15(13-18-19)17(12-16)21-11-5-8-14-6-3-2-4-7-14/h2-4,6-7,9-10,12-13,19H,5,8,11H2,1H3. The fourth-order valence-corrected chi connectivity index (χ4v) is 2.04. The van der Waals surface area contributed by atoms with Gasteiger partial charge in [-0.25, -0.2) is 0 Å². The topological polar surface area (TPSA) is 51.0 Å². The van der Waals surface area contributed by atoms with Crippen LogP contribution in [0.5, 0.6) is 11.5 Å². The van der Waals surface area contributed by atoms with E-state index in [1.807, 2.05) is 18.2 Å². The van der Waals surface area contributed by atoms with Crippen LogP contribution in [-0.2, 0) is 6.42 Å². The SMILES string of the molecule is COc1ccc(C=NO)c(OCCCc2ccccc2)c1. The highest BCUT2D eigenvalue weighted by Gasteiger charge is 2.04. The zero-order chi connectivity index (χ0) is 14.9. The minimum absolute atomic E-state index is 0.592. The molecule has 110 valence electrons. The van der Waals surface area contributed by atoms with Crippen LogP contribution in [0.1, 0.15) is 17.5 Å². The summed E-state index contributed by atoms with van der Waals surface area (Å²) in [4.78, 5) is 0. The molecule has 0 amide bonds. The minimum Gasteiger partial charge on any atom is -0.497 e. The molecule has 4 nitrogen and oxygen atoms in total. The summed E-state index contributed by atoms with van der Waals surface area (Å²) in [6, 6.07) is 15.7. The van der Waals surface area contributed by atoms with Gasteiger partial charge in [-0.2, -0.15) is 0 Å². The molecule has 0 radical (unpaired) electrons. The summed E-state index contributed by atoms with van der Waals surface area (Å²) >= 11 is 0. The van der Waals surface area contributed by atoms with Crippen LogP contribution in [0.25, 0.3) is 0 Å². The Kier molecular flexibility index (Phi) is 5.64. The van der Waals surface area contributed by atoms with Crippen LogP contribution >= 0.6 is 0 Å². The normalized spacial score (nSPS) is 10.7. The second kappa shape index (κ2) is 7.94. The molecule has 2 aromatic rings. The van der Waals surface area contributed by atoms with Crippen molar-refractivity contribution in [2.45, 2.75) is 12.8 Å². The highest BCUT2D eigenvalue weighted by atomic mass is 16.5. The number of hydrogen-bond donors (Lipinski definition) is 1. The quantitative estimate of drug-likeness (QED) is 0.366. The third kappa shape index (κ3) is 4.53. The van der Waals surface area contributed by atoms with Crippen LogP contribution in [0.2, 0.25) is 0 Å². The molecular weight excluding hydrogens is 266 g/mol. The predicted molar refractivity (Wildman–Crippen MR) is 82.6 cm³/mol. The van der Waals surface area contributed by atoms with Crippen molar-refractivity contribution in [1.29, 1.82) is 0 Å². The average molecular weight is 285 g/mol. The lowest BCUT2D eigenvalue weighted by molar-refractivity contribution is 0.306. The molecule has 0 aliphatic heterocycles. The van der Waals surface area contributed by atoms with Gasteiger partial charge in [-0.15, -0.1) is 0 Å². The van der Waals surface area contributed by atoms with Gasteiger partial charge < -0.3 is 14.7 Å². The lowest BCUT2D eigenvalue weighted by Gasteiger charge is -2.10. The molecule has 0 heterocycles. The van der Waals surface area contributed by atoms with Crippen molar-refractivity contribution >= 4 is 6.21 Å². The molecule has 0 fully saturated rings. The van der Waals surface area contributed by atoms with Gasteiger partial charge in [-0.1, -0.05) is 35.5 Å². The molecule has 1 N–H and O–H groups in total. The van der Waals surface area contributed by atoms with Gasteiger partial charge >= 0.3 is 0 Å². The van der Waals surface area contributed by atoms with Crippen molar-refractivity contribution < 1.29 is 14.7 Å². The van der Waals surface area contributed by atoms with E-state index in [4.69, 9.17) is 14.7 Å². The molecule has 0 atom stereocenters. The fourth-order valence-electron chi connectivity index (χ4n) is 2.04. The number of oxime groups is 1. The Hall–Kier alpha value is -2.49. The third-order valence-electron chi connectivity index (χ3n) is 3.13. The molecule has 2 aromatic carbocycles. The summed E-state index contributed by atoms with van der Waals surface area (Å²) < 4.78 is 10.9. The van der Waals surface area contributed by atoms with E-state index in [9.17, 15) is 0 Å². The van der Waals surface area contributed by atoms with Crippen LogP contribution in [0.15, 0.2) is 53.7 Å². The number of hydrogen-bond acceptors (Lipinski definition) is 4. The Bertz CT molecular complexity index is 582. The molecule has 21 heavy (non-hydrogen) atoms. The van der Waals surface area contributed by atoms with E-state index in [1.54, 1.807) is 25.3 Å². The van der Waals surface area contributed by atoms with Crippen molar-refractivity contribution in [3.8, 4) is 11.5 Å². The van der Waals surface area contributed by atoms with Crippen molar-refractivity contribution in [1.82, 2.24) is 0 Å². The number of rotatable bonds is 7. The Labute approximate surface area is 124 Å². The molecule has 0 saturated carbocycles. The van der Waals surface area contributed by atoms with Crippen LogP contribution in [-0.4, -0.2) is 25.1 Å². The van der Waals surface area contributed by atoms with Gasteiger partial charge in [-0.3, -0.25) is 0 Å². The van der Waals surface area contributed by atoms with E-state index in [0.29, 0.717) is 18.1 Å². The van der Waals surface area contributed by atoms with Gasteiger partial charge in [0.15, 0.2) is 0 Å². The molecule has 0 unspecified atom stereocenters. The maximum atomic E-state index is 8.67. The van der Waals surface area contributed by atoms with Gasteiger partial charge in [0.05, 0.1) is 19.9 Å². The van der Waals surface area contributed by atoms with E-state index >= 15 is 0 Å². The maximum absolute atomic E-state index is 8.67. The highest BCUT2D eigenvalue weighted by Crippen LogP contribution is 2.24. The Balaban J connectivity index is 1.92. The van der Waals surface area contributed by atoms with Crippen LogP contribution in [0, 0.1) is 0 Å². The fraction of sp³-hybridized carbons (Fsp3) is 0.235. The first kappa shape index (κ1) is 14.9. The zero-order valence-electron chi connectivity index (χ0n) is 12.0. The van der Waals surface area contributed by atoms with Crippen molar-refractivity contribution in [3.05, 3.63) is 59.7 Å². The minimum atomic E-state index is 0.592. The molecule has 2 rings (SSSR count). The van der Waals surface area contributed by atoms with Gasteiger partial charge in [0.2, 0.25) is 0 Å². The number of nitrogens with zero attached hydrogens (tertiary/aromatic N) is 1. The van der Waals surface area contributed by atoms with Crippen molar-refractivity contribution in [2.75, 3.05) is 13.7 Å². The zero-order valence-corrected chi connectivity index (χ0v) is 12.0. The number of aryl methyl sites for hydroxylation is 1. The first-order valence-electron chi connectivity index (χ1n) is 6.85. The third-order valence-corrected chi connectivity index (χ3v) is 3.13. The summed E-state index contributed by atoms with van der Waals surface area (Å²) in [6.45, 7) is 0.592. The smallest absolute Gasteiger partial charge is 0.131 e. The number of benzene rings is 2. The molecule has 0 aliphatic carbocycles. The van der Waals surface area contributed by atoms with Crippen LogP contribution in [0.4, 0.5) is 0 Å². The van der Waals surface area contributed by atoms with Gasteiger partial charge in [0.1, 0.15) is 11.5 Å². The van der Waals surface area contributed by atoms with Gasteiger partial charge in [0.25, 0.3) is 0 Å². The second-order valence-electron chi connectivity index (χ2n) is 4.59. The molecule has 0 aromatic heterocycles. The first-order valence-corrected chi connectivity index (χ1v) is 6.85. The molecule has 0 saturated heterocycles. The van der Waals surface area contributed by atoms with Crippen molar-refractivity contribution in [2.24, 2.45) is 5.16 Å². The van der Waals surface area contributed by atoms with Crippen LogP contribution < -0.4 is 9.47 Å². The molecule has 4 heteroatoms.